The minimum absolute atomic E-state index is 0.344. The number of nitrogens with zero attached hydrogens (tertiary/aromatic N) is 2. The Morgan fingerprint density at radius 2 is 1.33 bits per heavy atom. The molecule has 1 rings (SSSR count). The smallest absolute Gasteiger partial charge is 0.434 e. The lowest BCUT2D eigenvalue weighted by atomic mass is 10.2. The van der Waals surface area contributed by atoms with Crippen LogP contribution in [0.15, 0.2) is 11.3 Å². The summed E-state index contributed by atoms with van der Waals surface area (Å²) in [6.45, 7) is 14.8. The van der Waals surface area contributed by atoms with E-state index >= 15 is 0 Å². The first kappa shape index (κ1) is 17.3. The number of ether oxygens (including phenoxy) is 2. The third kappa shape index (κ3) is 4.65. The molecule has 6 heteroatoms. The standard InChI is InChI=1S/C15H26N2O4/c1-10(2)11-9-16(12(18)20-14(3,4)5)17(11)13(19)21-15(6,7)8/h9H2,1-8H3. The van der Waals surface area contributed by atoms with Crippen molar-refractivity contribution in [2.45, 2.75) is 66.6 Å². The normalized spacial score (nSPS) is 15.5. The first-order valence-electron chi connectivity index (χ1n) is 7.02. The minimum Gasteiger partial charge on any atom is -0.442 e. The molecule has 120 valence electrons. The Kier molecular flexibility index (Phi) is 4.60. The summed E-state index contributed by atoms with van der Waals surface area (Å²) >= 11 is 0. The van der Waals surface area contributed by atoms with Crippen molar-refractivity contribution < 1.29 is 19.1 Å². The van der Waals surface area contributed by atoms with E-state index in [1.54, 1.807) is 41.5 Å². The molecule has 0 N–H and O–H groups in total. The molecule has 1 fully saturated rings. The van der Waals surface area contributed by atoms with Crippen molar-refractivity contribution >= 4 is 12.2 Å². The van der Waals surface area contributed by atoms with Gasteiger partial charge in [-0.25, -0.2) is 14.6 Å². The number of carbonyl (C=O) groups excluding carboxylic acids is 2. The molecule has 0 aromatic rings. The number of carbonyl (C=O) groups is 2. The SMILES string of the molecule is CC(C)=C1CN(C(=O)OC(C)(C)C)N1C(=O)OC(C)(C)C. The van der Waals surface area contributed by atoms with Gasteiger partial charge in [-0.1, -0.05) is 5.57 Å². The average Bonchev–Trinajstić information content (AvgIpc) is 2.07. The third-order valence-electron chi connectivity index (χ3n) is 2.54. The van der Waals surface area contributed by atoms with Crippen LogP contribution in [0.25, 0.3) is 0 Å². The molecule has 21 heavy (non-hydrogen) atoms. The van der Waals surface area contributed by atoms with E-state index in [0.29, 0.717) is 6.54 Å². The Morgan fingerprint density at radius 1 is 0.905 bits per heavy atom. The van der Waals surface area contributed by atoms with Crippen LogP contribution in [0.2, 0.25) is 0 Å². The van der Waals surface area contributed by atoms with Gasteiger partial charge in [0.2, 0.25) is 0 Å². The van der Waals surface area contributed by atoms with E-state index in [1.807, 2.05) is 13.8 Å². The number of allylic oxidation sites excluding steroid dienone is 1. The summed E-state index contributed by atoms with van der Waals surface area (Å²) in [5.74, 6) is 0. The van der Waals surface area contributed by atoms with Crippen molar-refractivity contribution in [1.82, 2.24) is 10.0 Å². The summed E-state index contributed by atoms with van der Waals surface area (Å²) in [5, 5.41) is 2.50. The monoisotopic (exact) mass is 298 g/mol. The maximum atomic E-state index is 12.3. The van der Waals surface area contributed by atoms with Gasteiger partial charge in [-0.05, 0) is 55.4 Å². The highest BCUT2D eigenvalue weighted by atomic mass is 16.6. The Morgan fingerprint density at radius 3 is 1.71 bits per heavy atom. The highest BCUT2D eigenvalue weighted by Gasteiger charge is 2.43. The second-order valence-corrected chi connectivity index (χ2v) is 7.28. The van der Waals surface area contributed by atoms with Gasteiger partial charge in [0.05, 0.1) is 12.2 Å². The van der Waals surface area contributed by atoms with Gasteiger partial charge in [-0.2, -0.15) is 5.01 Å². The van der Waals surface area contributed by atoms with Crippen molar-refractivity contribution in [3.05, 3.63) is 11.3 Å². The molecule has 0 radical (unpaired) electrons. The van der Waals surface area contributed by atoms with E-state index in [1.165, 1.54) is 10.0 Å². The van der Waals surface area contributed by atoms with Crippen molar-refractivity contribution in [1.29, 1.82) is 0 Å². The summed E-state index contributed by atoms with van der Waals surface area (Å²) in [5.41, 5.74) is 0.479. The van der Waals surface area contributed by atoms with Crippen molar-refractivity contribution in [3.8, 4) is 0 Å². The highest BCUT2D eigenvalue weighted by Crippen LogP contribution is 2.29. The number of rotatable bonds is 0. The fraction of sp³-hybridized carbons (Fsp3) is 0.733. The second-order valence-electron chi connectivity index (χ2n) is 7.28. The molecule has 0 aromatic carbocycles. The zero-order valence-electron chi connectivity index (χ0n) is 14.2. The largest absolute Gasteiger partial charge is 0.442 e. The average molecular weight is 298 g/mol. The predicted octanol–water partition coefficient (Wildman–Crippen LogP) is 3.68. The first-order chi connectivity index (χ1) is 9.32. The molecule has 2 amide bonds. The van der Waals surface area contributed by atoms with Gasteiger partial charge in [-0.15, -0.1) is 0 Å². The second kappa shape index (κ2) is 5.58. The summed E-state index contributed by atoms with van der Waals surface area (Å²) in [4.78, 5) is 24.4. The quantitative estimate of drug-likeness (QED) is 0.684. The van der Waals surface area contributed by atoms with Crippen LogP contribution in [0.3, 0.4) is 0 Å². The number of amides is 2. The molecule has 6 nitrogen and oxygen atoms in total. The molecule has 0 atom stereocenters. The fourth-order valence-electron chi connectivity index (χ4n) is 1.69. The van der Waals surface area contributed by atoms with Crippen LogP contribution >= 0.6 is 0 Å². The van der Waals surface area contributed by atoms with Gasteiger partial charge in [-0.3, -0.25) is 0 Å². The van der Waals surface area contributed by atoms with E-state index in [4.69, 9.17) is 9.47 Å². The van der Waals surface area contributed by atoms with Crippen LogP contribution in [0, 0.1) is 0 Å². The Balaban J connectivity index is 2.90. The molecule has 1 aliphatic rings. The molecule has 0 unspecified atom stereocenters. The Hall–Kier alpha value is -1.72. The molecule has 0 spiro atoms. The minimum atomic E-state index is -0.626. The molecule has 0 aromatic heterocycles. The Labute approximate surface area is 126 Å². The highest BCUT2D eigenvalue weighted by molar-refractivity contribution is 5.79. The Bertz CT molecular complexity index is 465. The van der Waals surface area contributed by atoms with E-state index < -0.39 is 23.4 Å². The van der Waals surface area contributed by atoms with Crippen molar-refractivity contribution in [2.24, 2.45) is 0 Å². The van der Waals surface area contributed by atoms with Gasteiger partial charge in [0, 0.05) is 0 Å². The lowest BCUT2D eigenvalue weighted by Gasteiger charge is -2.46. The van der Waals surface area contributed by atoms with Crippen LogP contribution in [-0.2, 0) is 9.47 Å². The summed E-state index contributed by atoms with van der Waals surface area (Å²) < 4.78 is 10.6. The lowest BCUT2D eigenvalue weighted by molar-refractivity contribution is -0.0807. The fourth-order valence-corrected chi connectivity index (χ4v) is 1.69. The van der Waals surface area contributed by atoms with E-state index in [2.05, 4.69) is 0 Å². The number of hydrogen-bond donors (Lipinski definition) is 0. The lowest BCUT2D eigenvalue weighted by Crippen LogP contribution is -2.62. The summed E-state index contributed by atoms with van der Waals surface area (Å²) in [7, 11) is 0. The van der Waals surface area contributed by atoms with E-state index in [0.717, 1.165) is 11.3 Å². The number of hydrazine groups is 1. The van der Waals surface area contributed by atoms with Gasteiger partial charge in [0.25, 0.3) is 0 Å². The predicted molar refractivity (Wildman–Crippen MR) is 79.4 cm³/mol. The third-order valence-corrected chi connectivity index (χ3v) is 2.54. The van der Waals surface area contributed by atoms with Gasteiger partial charge >= 0.3 is 12.2 Å². The molecular formula is C15H26N2O4. The first-order valence-corrected chi connectivity index (χ1v) is 7.02. The molecule has 1 saturated heterocycles. The zero-order valence-corrected chi connectivity index (χ0v) is 14.2. The van der Waals surface area contributed by atoms with E-state index in [9.17, 15) is 9.59 Å². The van der Waals surface area contributed by atoms with Crippen molar-refractivity contribution in [2.75, 3.05) is 6.54 Å². The van der Waals surface area contributed by atoms with Gasteiger partial charge in [0.1, 0.15) is 11.2 Å². The van der Waals surface area contributed by atoms with Gasteiger partial charge < -0.3 is 9.47 Å². The van der Waals surface area contributed by atoms with Crippen molar-refractivity contribution in [3.63, 3.8) is 0 Å². The molecule has 1 heterocycles. The molecule has 0 aliphatic carbocycles. The maximum absolute atomic E-state index is 12.3. The molecule has 0 saturated carbocycles. The van der Waals surface area contributed by atoms with Crippen LogP contribution < -0.4 is 0 Å². The van der Waals surface area contributed by atoms with E-state index in [-0.39, 0.29) is 0 Å². The zero-order chi connectivity index (χ0) is 16.6. The molecule has 1 aliphatic heterocycles. The maximum Gasteiger partial charge on any atom is 0.434 e. The molecule has 0 bridgehead atoms. The summed E-state index contributed by atoms with van der Waals surface area (Å²) in [6.07, 6.45) is -1.13. The van der Waals surface area contributed by atoms with Gasteiger partial charge in [0.15, 0.2) is 0 Å². The molecular weight excluding hydrogens is 272 g/mol. The summed E-state index contributed by atoms with van der Waals surface area (Å²) in [6, 6.07) is 0. The van der Waals surface area contributed by atoms with Crippen LogP contribution in [0.4, 0.5) is 9.59 Å². The van der Waals surface area contributed by atoms with Crippen LogP contribution in [-0.4, -0.2) is 40.0 Å². The van der Waals surface area contributed by atoms with Crippen LogP contribution in [0.5, 0.6) is 0 Å². The topological polar surface area (TPSA) is 59.1 Å². The van der Waals surface area contributed by atoms with Crippen LogP contribution in [0.1, 0.15) is 55.4 Å². The number of hydrogen-bond acceptors (Lipinski definition) is 4.